The van der Waals surface area contributed by atoms with Crippen LogP contribution in [0, 0.1) is 11.7 Å². The van der Waals surface area contributed by atoms with Gasteiger partial charge in [-0.2, -0.15) is 0 Å². The van der Waals surface area contributed by atoms with Crippen molar-refractivity contribution in [2.75, 3.05) is 7.11 Å². The summed E-state index contributed by atoms with van der Waals surface area (Å²) in [6.45, 7) is 3.84. The van der Waals surface area contributed by atoms with Crippen molar-refractivity contribution in [2.24, 2.45) is 5.92 Å². The minimum Gasteiger partial charge on any atom is -0.494 e. The lowest BCUT2D eigenvalue weighted by atomic mass is 9.91. The first-order valence-corrected chi connectivity index (χ1v) is 5.97. The van der Waals surface area contributed by atoms with Gasteiger partial charge in [0, 0.05) is 12.3 Å². The number of Topliss-reactive ketones (excluding diaryl/α,β-unsaturated/α-hetero) is 1. The normalized spacial score (nSPS) is 12.2. The molecule has 17 heavy (non-hydrogen) atoms. The Morgan fingerprint density at radius 2 is 2.12 bits per heavy atom. The van der Waals surface area contributed by atoms with Crippen LogP contribution in [0.5, 0.6) is 5.75 Å². The van der Waals surface area contributed by atoms with Gasteiger partial charge in [-0.25, -0.2) is 4.39 Å². The molecule has 0 saturated carbocycles. The Hall–Kier alpha value is -1.38. The molecule has 0 fully saturated rings. The van der Waals surface area contributed by atoms with Crippen molar-refractivity contribution in [1.29, 1.82) is 0 Å². The van der Waals surface area contributed by atoms with E-state index in [-0.39, 0.29) is 23.3 Å². The number of hydrogen-bond donors (Lipinski definition) is 0. The van der Waals surface area contributed by atoms with E-state index in [1.807, 2.05) is 19.9 Å². The summed E-state index contributed by atoms with van der Waals surface area (Å²) in [5.41, 5.74) is 0.844. The zero-order chi connectivity index (χ0) is 12.8. The van der Waals surface area contributed by atoms with Crippen LogP contribution in [0.4, 0.5) is 4.39 Å². The number of rotatable bonds is 6. The summed E-state index contributed by atoms with van der Waals surface area (Å²) in [4.78, 5) is 11.6. The molecule has 0 aromatic heterocycles. The van der Waals surface area contributed by atoms with Gasteiger partial charge in [0.25, 0.3) is 0 Å². The number of methoxy groups -OCH3 is 1. The molecule has 0 bridgehead atoms. The van der Waals surface area contributed by atoms with E-state index < -0.39 is 0 Å². The van der Waals surface area contributed by atoms with Crippen LogP contribution in [0.15, 0.2) is 18.2 Å². The van der Waals surface area contributed by atoms with Gasteiger partial charge in [-0.3, -0.25) is 4.79 Å². The Balaban J connectivity index is 2.80. The van der Waals surface area contributed by atoms with Crippen LogP contribution >= 0.6 is 0 Å². The van der Waals surface area contributed by atoms with Crippen LogP contribution in [0.2, 0.25) is 0 Å². The Bertz CT molecular complexity index is 388. The molecule has 1 unspecified atom stereocenters. The molecule has 0 radical (unpaired) electrons. The second-order valence-corrected chi connectivity index (χ2v) is 4.10. The highest BCUT2D eigenvalue weighted by molar-refractivity contribution is 5.80. The second kappa shape index (κ2) is 6.38. The number of halogens is 1. The molecule has 0 aliphatic heterocycles. The van der Waals surface area contributed by atoms with E-state index in [4.69, 9.17) is 4.74 Å². The molecule has 0 heterocycles. The van der Waals surface area contributed by atoms with Crippen LogP contribution in [0.1, 0.15) is 32.3 Å². The van der Waals surface area contributed by atoms with E-state index in [0.717, 1.165) is 12.0 Å². The molecule has 2 nitrogen and oxygen atoms in total. The lowest BCUT2D eigenvalue weighted by Crippen LogP contribution is -2.15. The number of ether oxygens (including phenoxy) is 1. The molecular weight excluding hydrogens is 219 g/mol. The molecule has 1 atom stereocenters. The molecule has 94 valence electrons. The number of benzene rings is 1. The van der Waals surface area contributed by atoms with E-state index in [9.17, 15) is 9.18 Å². The first-order valence-electron chi connectivity index (χ1n) is 5.97. The molecule has 1 rings (SSSR count). The summed E-state index contributed by atoms with van der Waals surface area (Å²) in [6, 6.07) is 4.87. The number of ketones is 1. The van der Waals surface area contributed by atoms with Crippen molar-refractivity contribution < 1.29 is 13.9 Å². The summed E-state index contributed by atoms with van der Waals surface area (Å²) >= 11 is 0. The molecule has 0 spiro atoms. The minimum absolute atomic E-state index is 0.00667. The van der Waals surface area contributed by atoms with E-state index in [1.54, 1.807) is 6.07 Å². The summed E-state index contributed by atoms with van der Waals surface area (Å²) in [5, 5.41) is 0. The van der Waals surface area contributed by atoms with E-state index >= 15 is 0 Å². The molecule has 0 saturated heterocycles. The maximum Gasteiger partial charge on any atom is 0.165 e. The average Bonchev–Trinajstić information content (AvgIpc) is 2.35. The minimum atomic E-state index is -0.371. The van der Waals surface area contributed by atoms with Crippen molar-refractivity contribution in [3.05, 3.63) is 29.6 Å². The Morgan fingerprint density at radius 1 is 1.41 bits per heavy atom. The number of hydrogen-bond acceptors (Lipinski definition) is 2. The fourth-order valence-electron chi connectivity index (χ4n) is 1.90. The zero-order valence-corrected chi connectivity index (χ0v) is 10.6. The van der Waals surface area contributed by atoms with Crippen LogP contribution in [-0.2, 0) is 11.2 Å². The highest BCUT2D eigenvalue weighted by Gasteiger charge is 2.15. The average molecular weight is 238 g/mol. The predicted octanol–water partition coefficient (Wildman–Crippen LogP) is 3.38. The van der Waals surface area contributed by atoms with Gasteiger partial charge in [0.1, 0.15) is 5.78 Å². The van der Waals surface area contributed by atoms with Crippen molar-refractivity contribution >= 4 is 5.78 Å². The summed E-state index contributed by atoms with van der Waals surface area (Å²) < 4.78 is 18.3. The first-order chi connectivity index (χ1) is 8.12. The van der Waals surface area contributed by atoms with Crippen LogP contribution in [0.25, 0.3) is 0 Å². The lowest BCUT2D eigenvalue weighted by molar-refractivity contribution is -0.122. The maximum absolute atomic E-state index is 13.5. The molecule has 0 amide bonds. The molecule has 3 heteroatoms. The Labute approximate surface area is 102 Å². The summed E-state index contributed by atoms with van der Waals surface area (Å²) in [5.74, 6) is 0.101. The molecule has 0 aliphatic rings. The monoisotopic (exact) mass is 238 g/mol. The van der Waals surface area contributed by atoms with Crippen molar-refractivity contribution in [3.8, 4) is 5.75 Å². The van der Waals surface area contributed by atoms with Gasteiger partial charge in [0.05, 0.1) is 7.11 Å². The van der Waals surface area contributed by atoms with Gasteiger partial charge in [-0.1, -0.05) is 19.9 Å². The second-order valence-electron chi connectivity index (χ2n) is 4.10. The zero-order valence-electron chi connectivity index (χ0n) is 10.6. The molecule has 0 N–H and O–H groups in total. The van der Waals surface area contributed by atoms with Crippen molar-refractivity contribution in [2.45, 2.75) is 33.1 Å². The SMILES string of the molecule is CCC(=O)C(CC)Cc1ccc(OC)c(F)c1. The van der Waals surface area contributed by atoms with Crippen LogP contribution in [-0.4, -0.2) is 12.9 Å². The third-order valence-corrected chi connectivity index (χ3v) is 2.99. The molecule has 1 aromatic rings. The lowest BCUT2D eigenvalue weighted by Gasteiger charge is -2.13. The van der Waals surface area contributed by atoms with E-state index in [0.29, 0.717) is 12.8 Å². The molecule has 0 aliphatic carbocycles. The summed E-state index contributed by atoms with van der Waals surface area (Å²) in [7, 11) is 1.44. The largest absolute Gasteiger partial charge is 0.494 e. The van der Waals surface area contributed by atoms with Gasteiger partial charge >= 0.3 is 0 Å². The topological polar surface area (TPSA) is 26.3 Å². The highest BCUT2D eigenvalue weighted by Crippen LogP contribution is 2.21. The van der Waals surface area contributed by atoms with Gasteiger partial charge < -0.3 is 4.74 Å². The Morgan fingerprint density at radius 3 is 2.59 bits per heavy atom. The van der Waals surface area contributed by atoms with E-state index in [1.165, 1.54) is 13.2 Å². The maximum atomic E-state index is 13.5. The third-order valence-electron chi connectivity index (χ3n) is 2.99. The van der Waals surface area contributed by atoms with Crippen LogP contribution in [0.3, 0.4) is 0 Å². The molecule has 1 aromatic carbocycles. The van der Waals surface area contributed by atoms with E-state index in [2.05, 4.69) is 0 Å². The van der Waals surface area contributed by atoms with Gasteiger partial charge in [-0.15, -0.1) is 0 Å². The first kappa shape index (κ1) is 13.7. The van der Waals surface area contributed by atoms with Gasteiger partial charge in [0.15, 0.2) is 11.6 Å². The summed E-state index contributed by atoms with van der Waals surface area (Å²) in [6.07, 6.45) is 1.93. The predicted molar refractivity (Wildman–Crippen MR) is 65.7 cm³/mol. The standard InChI is InChI=1S/C14H19FO2/c1-4-11(13(16)5-2)8-10-6-7-14(17-3)12(15)9-10/h6-7,9,11H,4-5,8H2,1-3H3. The fourth-order valence-corrected chi connectivity index (χ4v) is 1.90. The third kappa shape index (κ3) is 3.55. The highest BCUT2D eigenvalue weighted by atomic mass is 19.1. The van der Waals surface area contributed by atoms with Crippen LogP contribution < -0.4 is 4.74 Å². The fraction of sp³-hybridized carbons (Fsp3) is 0.500. The Kier molecular flexibility index (Phi) is 5.13. The van der Waals surface area contributed by atoms with Crippen molar-refractivity contribution in [1.82, 2.24) is 0 Å². The number of carbonyl (C=O) groups is 1. The van der Waals surface area contributed by atoms with Gasteiger partial charge in [0.2, 0.25) is 0 Å². The number of carbonyl (C=O) groups excluding carboxylic acids is 1. The van der Waals surface area contributed by atoms with Crippen molar-refractivity contribution in [3.63, 3.8) is 0 Å². The molecular formula is C14H19FO2. The quantitative estimate of drug-likeness (QED) is 0.759. The smallest absolute Gasteiger partial charge is 0.165 e. The van der Waals surface area contributed by atoms with Gasteiger partial charge in [-0.05, 0) is 30.5 Å².